The summed E-state index contributed by atoms with van der Waals surface area (Å²) in [6, 6.07) is 1.79. The van der Waals surface area contributed by atoms with E-state index in [0.29, 0.717) is 11.4 Å². The van der Waals surface area contributed by atoms with Crippen molar-refractivity contribution in [2.45, 2.75) is 19.9 Å². The number of nitrogens with one attached hydrogen (secondary N) is 2. The Bertz CT molecular complexity index is 278. The molecule has 1 rings (SSSR count). The number of nitrogen functional groups attached to an aromatic ring is 1. The zero-order valence-electron chi connectivity index (χ0n) is 7.22. The predicted molar refractivity (Wildman–Crippen MR) is 47.8 cm³/mol. The van der Waals surface area contributed by atoms with Gasteiger partial charge in [0.2, 0.25) is 0 Å². The standard InChI is InChI=1S/C8H13N3O/c1-5(2)11-8(12)6-3-4-10-7(6)9/h3-5,10H,9H2,1-2H3,(H,11,12). The average Bonchev–Trinajstić information content (AvgIpc) is 2.33. The molecule has 0 aliphatic carbocycles. The summed E-state index contributed by atoms with van der Waals surface area (Å²) in [4.78, 5) is 14.1. The predicted octanol–water partition coefficient (Wildman–Crippen LogP) is 0.735. The van der Waals surface area contributed by atoms with E-state index in [-0.39, 0.29) is 11.9 Å². The van der Waals surface area contributed by atoms with E-state index >= 15 is 0 Å². The Morgan fingerprint density at radius 3 is 2.75 bits per heavy atom. The number of aromatic amines is 1. The van der Waals surface area contributed by atoms with Gasteiger partial charge in [-0.15, -0.1) is 0 Å². The Kier molecular flexibility index (Phi) is 2.38. The molecule has 1 aromatic heterocycles. The normalized spacial score (nSPS) is 10.2. The third-order valence-corrected chi connectivity index (χ3v) is 1.44. The topological polar surface area (TPSA) is 70.9 Å². The number of hydrogen-bond acceptors (Lipinski definition) is 2. The maximum Gasteiger partial charge on any atom is 0.255 e. The van der Waals surface area contributed by atoms with Gasteiger partial charge < -0.3 is 16.0 Å². The molecule has 0 aliphatic heterocycles. The highest BCUT2D eigenvalue weighted by Gasteiger charge is 2.10. The number of rotatable bonds is 2. The molecule has 4 heteroatoms. The molecule has 1 heterocycles. The summed E-state index contributed by atoms with van der Waals surface area (Å²) in [5, 5.41) is 2.75. The molecule has 4 N–H and O–H groups in total. The summed E-state index contributed by atoms with van der Waals surface area (Å²) < 4.78 is 0. The van der Waals surface area contributed by atoms with Gasteiger partial charge in [0.25, 0.3) is 5.91 Å². The smallest absolute Gasteiger partial charge is 0.255 e. The lowest BCUT2D eigenvalue weighted by molar-refractivity contribution is 0.0944. The van der Waals surface area contributed by atoms with Crippen LogP contribution in [0.25, 0.3) is 0 Å². The van der Waals surface area contributed by atoms with Crippen molar-refractivity contribution < 1.29 is 4.79 Å². The van der Waals surface area contributed by atoms with Crippen LogP contribution >= 0.6 is 0 Å². The van der Waals surface area contributed by atoms with Crippen LogP contribution in [0.5, 0.6) is 0 Å². The minimum atomic E-state index is -0.135. The van der Waals surface area contributed by atoms with Crippen LogP contribution in [0.3, 0.4) is 0 Å². The molecule has 1 amide bonds. The van der Waals surface area contributed by atoms with E-state index in [0.717, 1.165) is 0 Å². The molecular weight excluding hydrogens is 154 g/mol. The molecular formula is C8H13N3O. The van der Waals surface area contributed by atoms with Crippen LogP contribution in [0.2, 0.25) is 0 Å². The maximum absolute atomic E-state index is 11.3. The molecule has 0 atom stereocenters. The van der Waals surface area contributed by atoms with E-state index in [9.17, 15) is 4.79 Å². The quantitative estimate of drug-likeness (QED) is 0.607. The van der Waals surface area contributed by atoms with E-state index in [1.165, 1.54) is 0 Å². The highest BCUT2D eigenvalue weighted by atomic mass is 16.1. The fourth-order valence-corrected chi connectivity index (χ4v) is 0.920. The van der Waals surface area contributed by atoms with Crippen molar-refractivity contribution >= 4 is 11.7 Å². The summed E-state index contributed by atoms with van der Waals surface area (Å²) >= 11 is 0. The first-order valence-electron chi connectivity index (χ1n) is 3.85. The Hall–Kier alpha value is -1.45. The van der Waals surface area contributed by atoms with Crippen molar-refractivity contribution in [1.29, 1.82) is 0 Å². The second-order valence-electron chi connectivity index (χ2n) is 2.93. The minimum Gasteiger partial charge on any atom is -0.385 e. The number of carbonyl (C=O) groups is 1. The average molecular weight is 167 g/mol. The fourth-order valence-electron chi connectivity index (χ4n) is 0.920. The van der Waals surface area contributed by atoms with Gasteiger partial charge in [0, 0.05) is 12.2 Å². The molecule has 0 bridgehead atoms. The molecule has 66 valence electrons. The lowest BCUT2D eigenvalue weighted by atomic mass is 10.2. The SMILES string of the molecule is CC(C)NC(=O)c1cc[nH]c1N. The van der Waals surface area contributed by atoms with Gasteiger partial charge in [-0.1, -0.05) is 0 Å². The van der Waals surface area contributed by atoms with Crippen LogP contribution in [-0.2, 0) is 0 Å². The van der Waals surface area contributed by atoms with E-state index in [2.05, 4.69) is 10.3 Å². The first-order chi connectivity index (χ1) is 5.61. The van der Waals surface area contributed by atoms with Crippen LogP contribution in [-0.4, -0.2) is 16.9 Å². The second-order valence-corrected chi connectivity index (χ2v) is 2.93. The number of carbonyl (C=O) groups excluding carboxylic acids is 1. The molecule has 4 nitrogen and oxygen atoms in total. The van der Waals surface area contributed by atoms with E-state index in [1.807, 2.05) is 13.8 Å². The van der Waals surface area contributed by atoms with Crippen molar-refractivity contribution in [1.82, 2.24) is 10.3 Å². The molecule has 0 aliphatic rings. The number of H-pyrrole nitrogens is 1. The zero-order chi connectivity index (χ0) is 9.14. The minimum absolute atomic E-state index is 0.131. The number of amides is 1. The number of nitrogens with two attached hydrogens (primary N) is 1. The fraction of sp³-hybridized carbons (Fsp3) is 0.375. The van der Waals surface area contributed by atoms with Gasteiger partial charge in [0.15, 0.2) is 0 Å². The van der Waals surface area contributed by atoms with Gasteiger partial charge in [0.1, 0.15) is 5.82 Å². The molecule has 0 unspecified atom stereocenters. The molecule has 1 aromatic rings. The maximum atomic E-state index is 11.3. The summed E-state index contributed by atoms with van der Waals surface area (Å²) in [5.41, 5.74) is 6.00. The van der Waals surface area contributed by atoms with Crippen LogP contribution in [0.4, 0.5) is 5.82 Å². The van der Waals surface area contributed by atoms with Crippen molar-refractivity contribution in [2.75, 3.05) is 5.73 Å². The van der Waals surface area contributed by atoms with E-state index in [1.54, 1.807) is 12.3 Å². The van der Waals surface area contributed by atoms with Gasteiger partial charge in [-0.2, -0.15) is 0 Å². The third kappa shape index (κ3) is 1.78. The van der Waals surface area contributed by atoms with Crippen LogP contribution in [0.15, 0.2) is 12.3 Å². The third-order valence-electron chi connectivity index (χ3n) is 1.44. The highest BCUT2D eigenvalue weighted by molar-refractivity contribution is 5.98. The van der Waals surface area contributed by atoms with E-state index in [4.69, 9.17) is 5.73 Å². The second kappa shape index (κ2) is 3.30. The van der Waals surface area contributed by atoms with Gasteiger partial charge in [0.05, 0.1) is 5.56 Å². The largest absolute Gasteiger partial charge is 0.385 e. The molecule has 0 saturated heterocycles. The molecule has 0 aromatic carbocycles. The van der Waals surface area contributed by atoms with Gasteiger partial charge in [-0.3, -0.25) is 4.79 Å². The first kappa shape index (κ1) is 8.64. The molecule has 0 saturated carbocycles. The summed E-state index contributed by atoms with van der Waals surface area (Å²) in [7, 11) is 0. The number of aromatic nitrogens is 1. The lowest BCUT2D eigenvalue weighted by Crippen LogP contribution is -2.30. The van der Waals surface area contributed by atoms with Gasteiger partial charge >= 0.3 is 0 Å². The Morgan fingerprint density at radius 2 is 2.33 bits per heavy atom. The van der Waals surface area contributed by atoms with Crippen molar-refractivity contribution in [3.63, 3.8) is 0 Å². The molecule has 12 heavy (non-hydrogen) atoms. The Balaban J connectivity index is 2.72. The van der Waals surface area contributed by atoms with E-state index < -0.39 is 0 Å². The number of anilines is 1. The first-order valence-corrected chi connectivity index (χ1v) is 3.85. The highest BCUT2D eigenvalue weighted by Crippen LogP contribution is 2.07. The lowest BCUT2D eigenvalue weighted by Gasteiger charge is -2.06. The van der Waals surface area contributed by atoms with Gasteiger partial charge in [-0.25, -0.2) is 0 Å². The molecule has 0 fully saturated rings. The van der Waals surface area contributed by atoms with Crippen LogP contribution < -0.4 is 11.1 Å². The molecule has 0 radical (unpaired) electrons. The molecule has 0 spiro atoms. The van der Waals surface area contributed by atoms with Crippen LogP contribution in [0.1, 0.15) is 24.2 Å². The van der Waals surface area contributed by atoms with Crippen molar-refractivity contribution in [3.8, 4) is 0 Å². The van der Waals surface area contributed by atoms with Crippen molar-refractivity contribution in [2.24, 2.45) is 0 Å². The zero-order valence-corrected chi connectivity index (χ0v) is 7.22. The van der Waals surface area contributed by atoms with Gasteiger partial charge in [-0.05, 0) is 19.9 Å². The Morgan fingerprint density at radius 1 is 1.67 bits per heavy atom. The summed E-state index contributed by atoms with van der Waals surface area (Å²) in [5.74, 6) is 0.275. The summed E-state index contributed by atoms with van der Waals surface area (Å²) in [6.07, 6.45) is 1.64. The van der Waals surface area contributed by atoms with Crippen molar-refractivity contribution in [3.05, 3.63) is 17.8 Å². The summed E-state index contributed by atoms with van der Waals surface area (Å²) in [6.45, 7) is 3.81. The monoisotopic (exact) mass is 167 g/mol. The number of hydrogen-bond donors (Lipinski definition) is 3. The Labute approximate surface area is 71.2 Å². The van der Waals surface area contributed by atoms with Crippen LogP contribution in [0, 0.1) is 0 Å².